The third-order valence-electron chi connectivity index (χ3n) is 4.83. The number of benzene rings is 2. The van der Waals surface area contributed by atoms with Gasteiger partial charge >= 0.3 is 0 Å². The Hall–Kier alpha value is -3.75. The molecule has 0 fully saturated rings. The maximum absolute atomic E-state index is 13.8. The number of hydrogen-bond acceptors (Lipinski definition) is 4. The molecule has 0 saturated heterocycles. The molecule has 1 aliphatic rings. The Morgan fingerprint density at radius 1 is 1.27 bits per heavy atom. The summed E-state index contributed by atoms with van der Waals surface area (Å²) in [5.74, 6) is -1.67. The Kier molecular flexibility index (Phi) is 5.18. The minimum absolute atomic E-state index is 0.0201. The van der Waals surface area contributed by atoms with Crippen molar-refractivity contribution in [2.24, 2.45) is 0 Å². The van der Waals surface area contributed by atoms with Gasteiger partial charge in [0.2, 0.25) is 0 Å². The predicted octanol–water partition coefficient (Wildman–Crippen LogP) is 2.43. The third-order valence-corrected chi connectivity index (χ3v) is 4.83. The van der Waals surface area contributed by atoms with E-state index in [1.54, 1.807) is 31.3 Å². The van der Waals surface area contributed by atoms with Gasteiger partial charge in [-0.3, -0.25) is 14.7 Å². The summed E-state index contributed by atoms with van der Waals surface area (Å²) in [7, 11) is 1.61. The van der Waals surface area contributed by atoms with Gasteiger partial charge in [-0.1, -0.05) is 18.2 Å². The molecule has 0 saturated carbocycles. The van der Waals surface area contributed by atoms with Crippen LogP contribution >= 0.6 is 0 Å². The second-order valence-corrected chi connectivity index (χ2v) is 6.89. The van der Waals surface area contributed by atoms with Crippen LogP contribution in [0.15, 0.2) is 48.5 Å². The molecule has 154 valence electrons. The zero-order valence-electron chi connectivity index (χ0n) is 16.0. The molecule has 0 aliphatic carbocycles. The topological polar surface area (TPSA) is 87.3 Å². The summed E-state index contributed by atoms with van der Waals surface area (Å²) >= 11 is 0. The van der Waals surface area contributed by atoms with Gasteiger partial charge in [0.1, 0.15) is 35.7 Å². The van der Waals surface area contributed by atoms with Crippen molar-refractivity contribution < 1.29 is 23.1 Å². The highest BCUT2D eigenvalue weighted by Gasteiger charge is 2.31. The lowest BCUT2D eigenvalue weighted by Gasteiger charge is -2.20. The number of aromatic amines is 1. The van der Waals surface area contributed by atoms with Crippen molar-refractivity contribution in [3.05, 3.63) is 77.1 Å². The quantitative estimate of drug-likeness (QED) is 0.689. The van der Waals surface area contributed by atoms with Gasteiger partial charge in [-0.05, 0) is 29.8 Å². The fourth-order valence-corrected chi connectivity index (χ4v) is 3.22. The number of H-pyrrole nitrogens is 1. The minimum Gasteiger partial charge on any atom is -0.489 e. The number of halogens is 2. The van der Waals surface area contributed by atoms with Crippen LogP contribution in [-0.4, -0.2) is 41.7 Å². The van der Waals surface area contributed by atoms with Crippen molar-refractivity contribution in [2.75, 3.05) is 18.6 Å². The van der Waals surface area contributed by atoms with E-state index in [1.165, 1.54) is 17.0 Å². The van der Waals surface area contributed by atoms with Gasteiger partial charge in [0.05, 0.1) is 11.4 Å². The number of aromatic nitrogens is 2. The van der Waals surface area contributed by atoms with Crippen LogP contribution in [0.1, 0.15) is 21.7 Å². The van der Waals surface area contributed by atoms with E-state index in [4.69, 9.17) is 4.74 Å². The van der Waals surface area contributed by atoms with Crippen LogP contribution in [-0.2, 0) is 11.2 Å². The Morgan fingerprint density at radius 2 is 2.07 bits per heavy atom. The molecule has 2 aromatic carbocycles. The first-order valence-corrected chi connectivity index (χ1v) is 9.21. The van der Waals surface area contributed by atoms with Gasteiger partial charge in [0.25, 0.3) is 11.8 Å². The molecule has 0 spiro atoms. The molecule has 7 nitrogen and oxygen atoms in total. The number of likely N-dealkylation sites (N-methyl/N-ethyl adjacent to an activating group) is 1. The van der Waals surface area contributed by atoms with E-state index >= 15 is 0 Å². The molecule has 2 amide bonds. The molecule has 0 unspecified atom stereocenters. The van der Waals surface area contributed by atoms with Crippen LogP contribution in [0.2, 0.25) is 0 Å². The molecule has 1 aliphatic heterocycles. The first-order valence-electron chi connectivity index (χ1n) is 9.21. The predicted molar refractivity (Wildman–Crippen MR) is 104 cm³/mol. The highest BCUT2D eigenvalue weighted by atomic mass is 19.1. The monoisotopic (exact) mass is 412 g/mol. The lowest BCUT2D eigenvalue weighted by Crippen LogP contribution is -2.49. The van der Waals surface area contributed by atoms with E-state index in [2.05, 4.69) is 15.5 Å². The minimum atomic E-state index is -0.892. The SMILES string of the molecule is CN1C(=O)[C@@H](NC(=O)c2cc(Cc3ccc(F)cc3F)n[nH]2)COc2ccccc21. The number of anilines is 1. The van der Waals surface area contributed by atoms with E-state index in [-0.39, 0.29) is 30.2 Å². The number of amides is 2. The summed E-state index contributed by atoms with van der Waals surface area (Å²) in [6.45, 7) is -0.0201. The van der Waals surface area contributed by atoms with Gasteiger partial charge in [0, 0.05) is 19.5 Å². The number of fused-ring (bicyclic) bond motifs is 1. The molecule has 2 N–H and O–H groups in total. The summed E-state index contributed by atoms with van der Waals surface area (Å²) in [4.78, 5) is 26.7. The highest BCUT2D eigenvalue weighted by molar-refractivity contribution is 6.02. The summed E-state index contributed by atoms with van der Waals surface area (Å²) in [5, 5.41) is 9.22. The number of hydrogen-bond donors (Lipinski definition) is 2. The molecular formula is C21H18F2N4O3. The van der Waals surface area contributed by atoms with Crippen molar-refractivity contribution in [3.8, 4) is 5.75 Å². The fraction of sp³-hybridized carbons (Fsp3) is 0.190. The standard InChI is InChI=1S/C21H18F2N4O3/c1-27-18-4-2-3-5-19(18)30-11-17(21(27)29)24-20(28)16-10-14(25-26-16)8-12-6-7-13(22)9-15(12)23/h2-7,9-10,17H,8,11H2,1H3,(H,24,28)(H,25,26)/t17-/m0/s1. The lowest BCUT2D eigenvalue weighted by atomic mass is 10.1. The van der Waals surface area contributed by atoms with Gasteiger partial charge in [-0.25, -0.2) is 8.78 Å². The van der Waals surface area contributed by atoms with Crippen LogP contribution in [0.5, 0.6) is 5.75 Å². The van der Waals surface area contributed by atoms with Crippen LogP contribution in [0.4, 0.5) is 14.5 Å². The average Bonchev–Trinajstić information content (AvgIpc) is 3.17. The second-order valence-electron chi connectivity index (χ2n) is 6.89. The Balaban J connectivity index is 1.45. The molecule has 1 atom stereocenters. The van der Waals surface area contributed by atoms with E-state index in [0.29, 0.717) is 17.1 Å². The Bertz CT molecular complexity index is 1120. The smallest absolute Gasteiger partial charge is 0.270 e. The molecule has 2 heterocycles. The summed E-state index contributed by atoms with van der Waals surface area (Å²) < 4.78 is 32.5. The highest BCUT2D eigenvalue weighted by Crippen LogP contribution is 2.29. The van der Waals surface area contributed by atoms with Gasteiger partial charge in [-0.2, -0.15) is 5.10 Å². The summed E-state index contributed by atoms with van der Waals surface area (Å²) in [5.41, 5.74) is 1.38. The van der Waals surface area contributed by atoms with Crippen LogP contribution in [0, 0.1) is 11.6 Å². The lowest BCUT2D eigenvalue weighted by molar-refractivity contribution is -0.120. The van der Waals surface area contributed by atoms with Crippen molar-refractivity contribution in [3.63, 3.8) is 0 Å². The number of carbonyl (C=O) groups excluding carboxylic acids is 2. The fourth-order valence-electron chi connectivity index (χ4n) is 3.22. The average molecular weight is 412 g/mol. The van der Waals surface area contributed by atoms with Crippen LogP contribution in [0.25, 0.3) is 0 Å². The van der Waals surface area contributed by atoms with Gasteiger partial charge in [-0.15, -0.1) is 0 Å². The number of rotatable bonds is 4. The number of carbonyl (C=O) groups is 2. The van der Waals surface area contributed by atoms with E-state index in [1.807, 2.05) is 0 Å². The zero-order chi connectivity index (χ0) is 21.3. The summed E-state index contributed by atoms with van der Waals surface area (Å²) in [6, 6.07) is 10.9. The van der Waals surface area contributed by atoms with E-state index < -0.39 is 23.6 Å². The Morgan fingerprint density at radius 3 is 2.87 bits per heavy atom. The maximum atomic E-state index is 13.8. The molecule has 9 heteroatoms. The normalized spacial score (nSPS) is 15.9. The number of nitrogens with one attached hydrogen (secondary N) is 2. The molecule has 0 radical (unpaired) electrons. The third kappa shape index (κ3) is 3.86. The Labute approximate surface area is 170 Å². The number of nitrogens with zero attached hydrogens (tertiary/aromatic N) is 2. The van der Waals surface area contributed by atoms with Crippen molar-refractivity contribution >= 4 is 17.5 Å². The zero-order valence-corrected chi connectivity index (χ0v) is 16.0. The second kappa shape index (κ2) is 7.94. The van der Waals surface area contributed by atoms with Crippen LogP contribution < -0.4 is 15.0 Å². The molecule has 4 rings (SSSR count). The molecular weight excluding hydrogens is 394 g/mol. The molecule has 0 bridgehead atoms. The largest absolute Gasteiger partial charge is 0.489 e. The van der Waals surface area contributed by atoms with Crippen molar-refractivity contribution in [1.82, 2.24) is 15.5 Å². The van der Waals surface area contributed by atoms with Crippen molar-refractivity contribution in [2.45, 2.75) is 12.5 Å². The maximum Gasteiger partial charge on any atom is 0.270 e. The van der Waals surface area contributed by atoms with Gasteiger partial charge < -0.3 is 15.0 Å². The molecule has 3 aromatic rings. The van der Waals surface area contributed by atoms with Crippen LogP contribution in [0.3, 0.4) is 0 Å². The van der Waals surface area contributed by atoms with E-state index in [9.17, 15) is 18.4 Å². The number of para-hydroxylation sites is 2. The molecule has 30 heavy (non-hydrogen) atoms. The number of ether oxygens (including phenoxy) is 1. The van der Waals surface area contributed by atoms with Gasteiger partial charge in [0.15, 0.2) is 0 Å². The first-order chi connectivity index (χ1) is 14.4. The summed E-state index contributed by atoms with van der Waals surface area (Å²) in [6.07, 6.45) is 0.0827. The first kappa shape index (κ1) is 19.6. The molecule has 1 aromatic heterocycles. The van der Waals surface area contributed by atoms with Crippen molar-refractivity contribution in [1.29, 1.82) is 0 Å². The van der Waals surface area contributed by atoms with E-state index in [0.717, 1.165) is 12.1 Å².